The lowest BCUT2D eigenvalue weighted by Gasteiger charge is -2.22. The molecule has 14 heavy (non-hydrogen) atoms. The molecular weight excluding hydrogens is 198 g/mol. The first-order valence-electron chi connectivity index (χ1n) is 4.78. The van der Waals surface area contributed by atoms with Crippen LogP contribution in [-0.2, 0) is 4.74 Å². The number of hydrogen-bond donors (Lipinski definition) is 0. The molecule has 0 radical (unpaired) electrons. The maximum Gasteiger partial charge on any atom is 0.349 e. The second-order valence-electron chi connectivity index (χ2n) is 3.59. The number of carbonyl (C=O) groups excluding carboxylic acids is 1. The molecule has 1 saturated carbocycles. The molecule has 0 N–H and O–H groups in total. The smallest absolute Gasteiger partial charge is 0.349 e. The molecule has 1 aromatic rings. The largest absolute Gasteiger partial charge is 0.465 e. The summed E-state index contributed by atoms with van der Waals surface area (Å²) in [7, 11) is 1.41. The number of methoxy groups -OCH3 is 1. The van der Waals surface area contributed by atoms with E-state index in [1.54, 1.807) is 0 Å². The van der Waals surface area contributed by atoms with Crippen molar-refractivity contribution in [1.29, 1.82) is 0 Å². The number of aromatic nitrogens is 1. The van der Waals surface area contributed by atoms with Gasteiger partial charge in [0.15, 0.2) is 0 Å². The average molecular weight is 211 g/mol. The Balaban J connectivity index is 2.24. The minimum absolute atomic E-state index is 0.259. The van der Waals surface area contributed by atoms with Crippen molar-refractivity contribution in [3.05, 3.63) is 15.6 Å². The molecule has 0 aliphatic heterocycles. The Morgan fingerprint density at radius 2 is 2.29 bits per heavy atom. The molecule has 0 amide bonds. The summed E-state index contributed by atoms with van der Waals surface area (Å²) in [5, 5.41) is 1.11. The number of aryl methyl sites for hydroxylation is 1. The van der Waals surface area contributed by atoms with Gasteiger partial charge in [-0.1, -0.05) is 6.42 Å². The molecule has 0 spiro atoms. The highest BCUT2D eigenvalue weighted by atomic mass is 32.1. The van der Waals surface area contributed by atoms with Crippen molar-refractivity contribution in [3.8, 4) is 0 Å². The van der Waals surface area contributed by atoms with Crippen molar-refractivity contribution in [2.45, 2.75) is 32.1 Å². The summed E-state index contributed by atoms with van der Waals surface area (Å²) in [6, 6.07) is 0. The number of thiazole rings is 1. The number of hydrogen-bond acceptors (Lipinski definition) is 4. The standard InChI is InChI=1S/C10H13NO2S/c1-6-8(10(12)13-2)14-9(11-6)7-4-3-5-7/h7H,3-5H2,1-2H3. The predicted molar refractivity (Wildman–Crippen MR) is 54.8 cm³/mol. The number of esters is 1. The van der Waals surface area contributed by atoms with Gasteiger partial charge in [-0.3, -0.25) is 0 Å². The molecule has 3 nitrogen and oxygen atoms in total. The van der Waals surface area contributed by atoms with Gasteiger partial charge in [0, 0.05) is 5.92 Å². The second kappa shape index (κ2) is 3.69. The van der Waals surface area contributed by atoms with Crippen LogP contribution in [0.3, 0.4) is 0 Å². The van der Waals surface area contributed by atoms with Crippen LogP contribution in [0.1, 0.15) is 45.6 Å². The lowest BCUT2D eigenvalue weighted by molar-refractivity contribution is 0.0605. The van der Waals surface area contributed by atoms with E-state index in [1.807, 2.05) is 6.92 Å². The molecule has 1 aromatic heterocycles. The summed E-state index contributed by atoms with van der Waals surface area (Å²) in [6.07, 6.45) is 3.72. The molecule has 1 fully saturated rings. The van der Waals surface area contributed by atoms with Crippen LogP contribution in [0, 0.1) is 6.92 Å². The molecule has 0 unspecified atom stereocenters. The number of rotatable bonds is 2. The SMILES string of the molecule is COC(=O)c1sc(C2CCC2)nc1C. The van der Waals surface area contributed by atoms with Gasteiger partial charge >= 0.3 is 5.97 Å². The molecule has 0 saturated heterocycles. The van der Waals surface area contributed by atoms with Crippen molar-refractivity contribution in [3.63, 3.8) is 0 Å². The zero-order chi connectivity index (χ0) is 10.1. The summed E-state index contributed by atoms with van der Waals surface area (Å²) >= 11 is 1.49. The van der Waals surface area contributed by atoms with Gasteiger partial charge in [-0.2, -0.15) is 0 Å². The van der Waals surface area contributed by atoms with Crippen LogP contribution in [0.15, 0.2) is 0 Å². The topological polar surface area (TPSA) is 39.2 Å². The lowest BCUT2D eigenvalue weighted by atomic mass is 9.86. The molecule has 0 bridgehead atoms. The molecule has 0 atom stereocenters. The van der Waals surface area contributed by atoms with E-state index < -0.39 is 0 Å². The molecular formula is C10H13NO2S. The second-order valence-corrected chi connectivity index (χ2v) is 4.62. The van der Waals surface area contributed by atoms with Crippen molar-refractivity contribution in [2.75, 3.05) is 7.11 Å². The van der Waals surface area contributed by atoms with Gasteiger partial charge in [0.1, 0.15) is 4.88 Å². The van der Waals surface area contributed by atoms with Crippen molar-refractivity contribution >= 4 is 17.3 Å². The Kier molecular flexibility index (Phi) is 2.54. The minimum Gasteiger partial charge on any atom is -0.465 e. The summed E-state index contributed by atoms with van der Waals surface area (Å²) in [4.78, 5) is 16.4. The molecule has 1 aliphatic rings. The third-order valence-electron chi connectivity index (χ3n) is 2.64. The molecule has 1 aliphatic carbocycles. The van der Waals surface area contributed by atoms with Crippen LogP contribution >= 0.6 is 11.3 Å². The fourth-order valence-electron chi connectivity index (χ4n) is 1.53. The fraction of sp³-hybridized carbons (Fsp3) is 0.600. The van der Waals surface area contributed by atoms with E-state index >= 15 is 0 Å². The van der Waals surface area contributed by atoms with Gasteiger partial charge in [-0.15, -0.1) is 11.3 Å². The lowest BCUT2D eigenvalue weighted by Crippen LogP contribution is -2.07. The zero-order valence-corrected chi connectivity index (χ0v) is 9.19. The summed E-state index contributed by atoms with van der Waals surface area (Å²) < 4.78 is 4.69. The van der Waals surface area contributed by atoms with E-state index in [0.717, 1.165) is 10.7 Å². The highest BCUT2D eigenvalue weighted by molar-refractivity contribution is 7.13. The fourth-order valence-corrected chi connectivity index (χ4v) is 2.68. The number of nitrogens with zero attached hydrogens (tertiary/aromatic N) is 1. The summed E-state index contributed by atoms with van der Waals surface area (Å²) in [5.74, 6) is 0.336. The summed E-state index contributed by atoms with van der Waals surface area (Å²) in [6.45, 7) is 1.87. The highest BCUT2D eigenvalue weighted by Gasteiger charge is 2.25. The maximum absolute atomic E-state index is 11.3. The van der Waals surface area contributed by atoms with Crippen LogP contribution in [0.4, 0.5) is 0 Å². The zero-order valence-electron chi connectivity index (χ0n) is 8.37. The van der Waals surface area contributed by atoms with E-state index in [0.29, 0.717) is 10.8 Å². The van der Waals surface area contributed by atoms with E-state index in [9.17, 15) is 4.79 Å². The number of carbonyl (C=O) groups is 1. The van der Waals surface area contributed by atoms with E-state index in [2.05, 4.69) is 4.98 Å². The van der Waals surface area contributed by atoms with Gasteiger partial charge in [-0.05, 0) is 19.8 Å². The van der Waals surface area contributed by atoms with E-state index in [1.165, 1.54) is 37.7 Å². The van der Waals surface area contributed by atoms with Gasteiger partial charge in [0.25, 0.3) is 0 Å². The van der Waals surface area contributed by atoms with Crippen LogP contribution in [0.5, 0.6) is 0 Å². The van der Waals surface area contributed by atoms with Crippen molar-refractivity contribution in [2.24, 2.45) is 0 Å². The highest BCUT2D eigenvalue weighted by Crippen LogP contribution is 2.39. The Labute approximate surface area is 87.1 Å². The maximum atomic E-state index is 11.3. The first-order valence-corrected chi connectivity index (χ1v) is 5.59. The van der Waals surface area contributed by atoms with Crippen LogP contribution < -0.4 is 0 Å². The average Bonchev–Trinajstić information content (AvgIpc) is 2.43. The Morgan fingerprint density at radius 1 is 1.57 bits per heavy atom. The van der Waals surface area contributed by atoms with Crippen LogP contribution in [0.2, 0.25) is 0 Å². The van der Waals surface area contributed by atoms with Crippen LogP contribution in [-0.4, -0.2) is 18.1 Å². The third-order valence-corrected chi connectivity index (χ3v) is 3.94. The van der Waals surface area contributed by atoms with Gasteiger partial charge in [0.2, 0.25) is 0 Å². The molecule has 2 rings (SSSR count). The minimum atomic E-state index is -0.259. The Bertz CT molecular complexity index is 355. The summed E-state index contributed by atoms with van der Waals surface area (Å²) in [5.41, 5.74) is 0.809. The van der Waals surface area contributed by atoms with E-state index in [4.69, 9.17) is 4.74 Å². The first-order chi connectivity index (χ1) is 6.72. The predicted octanol–water partition coefficient (Wildman–Crippen LogP) is 2.51. The quantitative estimate of drug-likeness (QED) is 0.705. The molecule has 76 valence electrons. The first kappa shape index (κ1) is 9.65. The molecule has 0 aromatic carbocycles. The number of ether oxygens (including phenoxy) is 1. The van der Waals surface area contributed by atoms with Crippen molar-refractivity contribution < 1.29 is 9.53 Å². The molecule has 1 heterocycles. The monoisotopic (exact) mass is 211 g/mol. The Hall–Kier alpha value is -0.900. The van der Waals surface area contributed by atoms with Gasteiger partial charge in [-0.25, -0.2) is 9.78 Å². The molecule has 4 heteroatoms. The van der Waals surface area contributed by atoms with Crippen molar-refractivity contribution in [1.82, 2.24) is 4.98 Å². The van der Waals surface area contributed by atoms with Gasteiger partial charge in [0.05, 0.1) is 17.8 Å². The van der Waals surface area contributed by atoms with E-state index in [-0.39, 0.29) is 5.97 Å². The Morgan fingerprint density at radius 3 is 2.79 bits per heavy atom. The van der Waals surface area contributed by atoms with Gasteiger partial charge < -0.3 is 4.74 Å². The van der Waals surface area contributed by atoms with Crippen LogP contribution in [0.25, 0.3) is 0 Å². The third kappa shape index (κ3) is 1.54. The normalized spacial score (nSPS) is 16.4.